The summed E-state index contributed by atoms with van der Waals surface area (Å²) in [7, 11) is 0. The normalized spacial score (nSPS) is 28.9. The smallest absolute Gasteiger partial charge is 0.207 e. The second kappa shape index (κ2) is 3.39. The molecule has 0 radical (unpaired) electrons. The molecular formula is C11H16F2. The zero-order valence-electron chi connectivity index (χ0n) is 7.86. The van der Waals surface area contributed by atoms with E-state index in [4.69, 9.17) is 0 Å². The summed E-state index contributed by atoms with van der Waals surface area (Å²) in [5, 5.41) is 0. The molecule has 0 unspecified atom stereocenters. The monoisotopic (exact) mass is 186 g/mol. The van der Waals surface area contributed by atoms with E-state index < -0.39 is 5.92 Å². The number of hydrogen-bond donors (Lipinski definition) is 0. The van der Waals surface area contributed by atoms with Crippen LogP contribution in [0.5, 0.6) is 0 Å². The molecule has 0 saturated heterocycles. The van der Waals surface area contributed by atoms with Gasteiger partial charge in [0.1, 0.15) is 0 Å². The van der Waals surface area contributed by atoms with E-state index in [0.29, 0.717) is 18.8 Å². The van der Waals surface area contributed by atoms with Gasteiger partial charge in [-0.1, -0.05) is 11.6 Å². The standard InChI is InChI=1S/C11H16F2/c12-11(13)7-5-10(6-8-11)9-3-1-2-4-9/h3,10H,1-2,4-8H2. The first kappa shape index (κ1) is 9.17. The molecule has 0 bridgehead atoms. The molecule has 0 spiro atoms. The Bertz CT molecular complexity index is 208. The van der Waals surface area contributed by atoms with Crippen LogP contribution in [0.15, 0.2) is 11.6 Å². The summed E-state index contributed by atoms with van der Waals surface area (Å²) in [6.07, 6.45) is 7.47. The fraction of sp³-hybridized carbons (Fsp3) is 0.818. The largest absolute Gasteiger partial charge is 0.248 e. The summed E-state index contributed by atoms with van der Waals surface area (Å²) < 4.78 is 25.7. The van der Waals surface area contributed by atoms with Crippen molar-refractivity contribution in [3.8, 4) is 0 Å². The van der Waals surface area contributed by atoms with Crippen molar-refractivity contribution in [3.05, 3.63) is 11.6 Å². The molecule has 74 valence electrons. The van der Waals surface area contributed by atoms with Crippen LogP contribution in [0.3, 0.4) is 0 Å². The molecule has 0 aromatic heterocycles. The van der Waals surface area contributed by atoms with Gasteiger partial charge in [0.15, 0.2) is 0 Å². The van der Waals surface area contributed by atoms with E-state index in [1.165, 1.54) is 18.4 Å². The SMILES string of the molecule is FC1(F)CCC(C2=CCCC2)CC1. The van der Waals surface area contributed by atoms with Crippen LogP contribution in [0.4, 0.5) is 8.78 Å². The molecule has 2 heteroatoms. The fourth-order valence-corrected chi connectivity index (χ4v) is 2.48. The second-order valence-corrected chi connectivity index (χ2v) is 4.30. The molecule has 0 aliphatic heterocycles. The van der Waals surface area contributed by atoms with Crippen LogP contribution in [0, 0.1) is 5.92 Å². The molecule has 0 heterocycles. The van der Waals surface area contributed by atoms with Crippen molar-refractivity contribution in [1.82, 2.24) is 0 Å². The Morgan fingerprint density at radius 1 is 1.23 bits per heavy atom. The molecule has 0 atom stereocenters. The molecule has 0 nitrogen and oxygen atoms in total. The molecule has 2 aliphatic carbocycles. The minimum atomic E-state index is -2.37. The molecule has 1 fully saturated rings. The quantitative estimate of drug-likeness (QED) is 0.544. The lowest BCUT2D eigenvalue weighted by atomic mass is 9.82. The third-order valence-electron chi connectivity index (χ3n) is 3.32. The van der Waals surface area contributed by atoms with Gasteiger partial charge in [0, 0.05) is 12.8 Å². The zero-order valence-corrected chi connectivity index (χ0v) is 7.86. The van der Waals surface area contributed by atoms with Crippen molar-refractivity contribution in [2.24, 2.45) is 5.92 Å². The first-order valence-corrected chi connectivity index (χ1v) is 5.24. The highest BCUT2D eigenvalue weighted by Gasteiger charge is 2.35. The Balaban J connectivity index is 1.91. The Hall–Kier alpha value is -0.400. The van der Waals surface area contributed by atoms with Crippen LogP contribution in [0.25, 0.3) is 0 Å². The summed E-state index contributed by atoms with van der Waals surface area (Å²) in [4.78, 5) is 0. The minimum absolute atomic E-state index is 0.106. The van der Waals surface area contributed by atoms with E-state index >= 15 is 0 Å². The minimum Gasteiger partial charge on any atom is -0.207 e. The van der Waals surface area contributed by atoms with Crippen LogP contribution >= 0.6 is 0 Å². The van der Waals surface area contributed by atoms with E-state index in [-0.39, 0.29) is 12.8 Å². The van der Waals surface area contributed by atoms with Crippen LogP contribution in [-0.4, -0.2) is 5.92 Å². The van der Waals surface area contributed by atoms with Crippen molar-refractivity contribution in [3.63, 3.8) is 0 Å². The highest BCUT2D eigenvalue weighted by atomic mass is 19.3. The number of allylic oxidation sites excluding steroid dienone is 2. The van der Waals surface area contributed by atoms with Crippen molar-refractivity contribution in [2.75, 3.05) is 0 Å². The third-order valence-corrected chi connectivity index (χ3v) is 3.32. The first-order chi connectivity index (χ1) is 6.17. The predicted octanol–water partition coefficient (Wildman–Crippen LogP) is 3.92. The highest BCUT2D eigenvalue weighted by molar-refractivity contribution is 5.12. The van der Waals surface area contributed by atoms with Gasteiger partial charge in [-0.3, -0.25) is 0 Å². The molecule has 0 N–H and O–H groups in total. The fourth-order valence-electron chi connectivity index (χ4n) is 2.48. The molecule has 2 aliphatic rings. The van der Waals surface area contributed by atoms with Crippen molar-refractivity contribution < 1.29 is 8.78 Å². The number of rotatable bonds is 1. The Morgan fingerprint density at radius 2 is 1.92 bits per heavy atom. The Kier molecular flexibility index (Phi) is 2.39. The Labute approximate surface area is 78.0 Å². The zero-order chi connectivity index (χ0) is 9.31. The van der Waals surface area contributed by atoms with E-state index in [1.54, 1.807) is 0 Å². The number of hydrogen-bond acceptors (Lipinski definition) is 0. The van der Waals surface area contributed by atoms with E-state index in [9.17, 15) is 8.78 Å². The summed E-state index contributed by atoms with van der Waals surface area (Å²) in [6.45, 7) is 0. The van der Waals surface area contributed by atoms with Gasteiger partial charge < -0.3 is 0 Å². The Morgan fingerprint density at radius 3 is 2.46 bits per heavy atom. The van der Waals surface area contributed by atoms with Crippen LogP contribution in [0.1, 0.15) is 44.9 Å². The van der Waals surface area contributed by atoms with Gasteiger partial charge in [0.05, 0.1) is 0 Å². The average Bonchev–Trinajstić information content (AvgIpc) is 2.56. The lowest BCUT2D eigenvalue weighted by Gasteiger charge is -2.29. The van der Waals surface area contributed by atoms with Gasteiger partial charge in [0.25, 0.3) is 0 Å². The van der Waals surface area contributed by atoms with Gasteiger partial charge in [-0.2, -0.15) is 0 Å². The summed E-state index contributed by atoms with van der Waals surface area (Å²) >= 11 is 0. The topological polar surface area (TPSA) is 0 Å². The third kappa shape index (κ3) is 2.09. The maximum absolute atomic E-state index is 12.8. The van der Waals surface area contributed by atoms with Gasteiger partial charge in [-0.05, 0) is 38.0 Å². The molecule has 0 aromatic carbocycles. The van der Waals surface area contributed by atoms with Gasteiger partial charge in [-0.25, -0.2) is 8.78 Å². The molecule has 0 aromatic rings. The van der Waals surface area contributed by atoms with E-state index in [0.717, 1.165) is 6.42 Å². The maximum atomic E-state index is 12.8. The lowest BCUT2D eigenvalue weighted by molar-refractivity contribution is -0.0422. The summed E-state index contributed by atoms with van der Waals surface area (Å²) in [6, 6.07) is 0. The van der Waals surface area contributed by atoms with Gasteiger partial charge >= 0.3 is 0 Å². The van der Waals surface area contributed by atoms with Crippen molar-refractivity contribution >= 4 is 0 Å². The molecule has 1 saturated carbocycles. The van der Waals surface area contributed by atoms with Crippen LogP contribution in [0.2, 0.25) is 0 Å². The molecule has 0 amide bonds. The molecule has 13 heavy (non-hydrogen) atoms. The maximum Gasteiger partial charge on any atom is 0.248 e. The summed E-state index contributed by atoms with van der Waals surface area (Å²) in [5.74, 6) is -1.88. The van der Waals surface area contributed by atoms with E-state index in [2.05, 4.69) is 6.08 Å². The highest BCUT2D eigenvalue weighted by Crippen LogP contribution is 2.41. The van der Waals surface area contributed by atoms with Crippen molar-refractivity contribution in [2.45, 2.75) is 50.9 Å². The molecular weight excluding hydrogens is 170 g/mol. The predicted molar refractivity (Wildman–Crippen MR) is 48.8 cm³/mol. The van der Waals surface area contributed by atoms with Crippen LogP contribution < -0.4 is 0 Å². The van der Waals surface area contributed by atoms with Crippen molar-refractivity contribution in [1.29, 1.82) is 0 Å². The second-order valence-electron chi connectivity index (χ2n) is 4.30. The first-order valence-electron chi connectivity index (χ1n) is 5.24. The molecule has 2 rings (SSSR count). The van der Waals surface area contributed by atoms with Crippen LogP contribution in [-0.2, 0) is 0 Å². The van der Waals surface area contributed by atoms with E-state index in [1.807, 2.05) is 0 Å². The average molecular weight is 186 g/mol. The van der Waals surface area contributed by atoms with Gasteiger partial charge in [-0.15, -0.1) is 0 Å². The van der Waals surface area contributed by atoms with Gasteiger partial charge in [0.2, 0.25) is 5.92 Å². The number of alkyl halides is 2. The lowest BCUT2D eigenvalue weighted by Crippen LogP contribution is -2.25. The summed E-state index contributed by atoms with van der Waals surface area (Å²) in [5.41, 5.74) is 1.47. The number of halogens is 2.